The van der Waals surface area contributed by atoms with Crippen molar-refractivity contribution >= 4 is 41.5 Å². The molecule has 5 nitrogen and oxygen atoms in total. The number of benzene rings is 1. The minimum Gasteiger partial charge on any atom is -0.344 e. The van der Waals surface area contributed by atoms with E-state index in [1.54, 1.807) is 17.0 Å². The van der Waals surface area contributed by atoms with Gasteiger partial charge in [0, 0.05) is 29.7 Å². The zero-order valence-electron chi connectivity index (χ0n) is 13.4. The number of hydrogen-bond acceptors (Lipinski definition) is 3. The third-order valence-corrected chi connectivity index (χ3v) is 5.10. The number of amides is 2. The molecule has 24 heavy (non-hydrogen) atoms. The van der Waals surface area contributed by atoms with Gasteiger partial charge in [-0.05, 0) is 49.4 Å². The molecule has 3 N–H and O–H groups in total. The van der Waals surface area contributed by atoms with Crippen LogP contribution in [0, 0.1) is 5.92 Å². The van der Waals surface area contributed by atoms with E-state index < -0.39 is 6.04 Å². The van der Waals surface area contributed by atoms with Crippen molar-refractivity contribution in [2.24, 2.45) is 11.7 Å². The molecular formula is C17H23Cl2N3O2. The van der Waals surface area contributed by atoms with E-state index in [2.05, 4.69) is 5.32 Å². The fraction of sp³-hybridized carbons (Fsp3) is 0.529. The maximum Gasteiger partial charge on any atom is 0.249 e. The molecule has 7 heteroatoms. The minimum absolute atomic E-state index is 0. The number of nitrogens with two attached hydrogens (primary N) is 1. The van der Waals surface area contributed by atoms with Gasteiger partial charge in [0.1, 0.15) is 6.04 Å². The van der Waals surface area contributed by atoms with Crippen LogP contribution in [0.2, 0.25) is 5.02 Å². The molecule has 1 aliphatic heterocycles. The van der Waals surface area contributed by atoms with Crippen molar-refractivity contribution in [3.8, 4) is 0 Å². The summed E-state index contributed by atoms with van der Waals surface area (Å²) in [5.74, 6) is 0.124. The van der Waals surface area contributed by atoms with Gasteiger partial charge in [-0.1, -0.05) is 18.0 Å². The lowest BCUT2D eigenvalue weighted by molar-refractivity contribution is -0.127. The third kappa shape index (κ3) is 4.21. The smallest absolute Gasteiger partial charge is 0.249 e. The highest BCUT2D eigenvalue weighted by molar-refractivity contribution is 6.30. The zero-order valence-corrected chi connectivity index (χ0v) is 15.0. The van der Waals surface area contributed by atoms with Crippen LogP contribution >= 0.6 is 24.0 Å². The molecular weight excluding hydrogens is 349 g/mol. The maximum absolute atomic E-state index is 12.5. The van der Waals surface area contributed by atoms with Gasteiger partial charge in [0.25, 0.3) is 0 Å². The van der Waals surface area contributed by atoms with E-state index in [0.717, 1.165) is 24.9 Å². The average Bonchev–Trinajstić information content (AvgIpc) is 3.08. The largest absolute Gasteiger partial charge is 0.344 e. The van der Waals surface area contributed by atoms with Crippen LogP contribution in [0.3, 0.4) is 0 Å². The summed E-state index contributed by atoms with van der Waals surface area (Å²) in [5, 5.41) is 3.51. The van der Waals surface area contributed by atoms with Gasteiger partial charge in [-0.3, -0.25) is 9.59 Å². The Morgan fingerprint density at radius 1 is 1.25 bits per heavy atom. The molecule has 2 amide bonds. The van der Waals surface area contributed by atoms with Crippen molar-refractivity contribution in [3.05, 3.63) is 29.3 Å². The van der Waals surface area contributed by atoms with Crippen molar-refractivity contribution in [1.82, 2.24) is 5.32 Å². The van der Waals surface area contributed by atoms with Crippen LogP contribution in [0.4, 0.5) is 5.69 Å². The molecule has 1 aliphatic carbocycles. The van der Waals surface area contributed by atoms with Crippen molar-refractivity contribution < 1.29 is 9.59 Å². The summed E-state index contributed by atoms with van der Waals surface area (Å²) >= 11 is 5.87. The molecule has 1 saturated carbocycles. The Bertz CT molecular complexity index is 594. The number of halogens is 2. The summed E-state index contributed by atoms with van der Waals surface area (Å²) < 4.78 is 0. The molecule has 0 bridgehead atoms. The second-order valence-corrected chi connectivity index (χ2v) is 6.87. The first-order valence-corrected chi connectivity index (χ1v) is 8.54. The molecule has 1 aromatic rings. The van der Waals surface area contributed by atoms with Gasteiger partial charge in [-0.25, -0.2) is 0 Å². The predicted molar refractivity (Wildman–Crippen MR) is 97.5 cm³/mol. The summed E-state index contributed by atoms with van der Waals surface area (Å²) in [7, 11) is 0. The highest BCUT2D eigenvalue weighted by atomic mass is 35.5. The summed E-state index contributed by atoms with van der Waals surface area (Å²) in [6.07, 6.45) is 4.14. The lowest BCUT2D eigenvalue weighted by atomic mass is 9.99. The molecule has 2 fully saturated rings. The van der Waals surface area contributed by atoms with Gasteiger partial charge in [-0.15, -0.1) is 12.4 Å². The van der Waals surface area contributed by atoms with Crippen LogP contribution in [0.5, 0.6) is 0 Å². The minimum atomic E-state index is -0.434. The Hall–Kier alpha value is -1.30. The van der Waals surface area contributed by atoms with Crippen molar-refractivity contribution in [3.63, 3.8) is 0 Å². The highest BCUT2D eigenvalue weighted by Crippen LogP contribution is 2.27. The first-order valence-electron chi connectivity index (χ1n) is 8.16. The average molecular weight is 372 g/mol. The first kappa shape index (κ1) is 19.0. The van der Waals surface area contributed by atoms with E-state index >= 15 is 0 Å². The van der Waals surface area contributed by atoms with E-state index in [4.69, 9.17) is 17.3 Å². The molecule has 132 valence electrons. The summed E-state index contributed by atoms with van der Waals surface area (Å²) in [6.45, 7) is 0.606. The zero-order chi connectivity index (χ0) is 16.4. The van der Waals surface area contributed by atoms with Crippen LogP contribution in [-0.2, 0) is 9.59 Å². The molecule has 0 aromatic heterocycles. The third-order valence-electron chi connectivity index (χ3n) is 4.84. The van der Waals surface area contributed by atoms with Gasteiger partial charge in [0.15, 0.2) is 0 Å². The van der Waals surface area contributed by atoms with E-state index in [9.17, 15) is 9.59 Å². The molecule has 2 aliphatic rings. The second kappa shape index (κ2) is 8.19. The topological polar surface area (TPSA) is 75.4 Å². The standard InChI is InChI=1S/C17H22ClN3O2.ClH/c18-12-4-6-13(7-5-12)21-9-8-15(17(21)23)20-16(22)10-11-2-1-3-14(11)19;/h4-7,11,14-15H,1-3,8-10,19H2,(H,20,22);1H/t11-,14+,15?;/m0./s1. The summed E-state index contributed by atoms with van der Waals surface area (Å²) in [4.78, 5) is 26.4. The van der Waals surface area contributed by atoms with Crippen LogP contribution in [-0.4, -0.2) is 30.4 Å². The van der Waals surface area contributed by atoms with Crippen LogP contribution in [0.1, 0.15) is 32.1 Å². The van der Waals surface area contributed by atoms with Crippen LogP contribution in [0.25, 0.3) is 0 Å². The van der Waals surface area contributed by atoms with Crippen LogP contribution in [0.15, 0.2) is 24.3 Å². The number of nitrogens with zero attached hydrogens (tertiary/aromatic N) is 1. The highest BCUT2D eigenvalue weighted by Gasteiger charge is 2.34. The fourth-order valence-corrected chi connectivity index (χ4v) is 3.63. The van der Waals surface area contributed by atoms with Gasteiger partial charge >= 0.3 is 0 Å². The van der Waals surface area contributed by atoms with Crippen molar-refractivity contribution in [1.29, 1.82) is 0 Å². The Balaban J connectivity index is 0.00000208. The Morgan fingerprint density at radius 2 is 1.96 bits per heavy atom. The Labute approximate surface area is 153 Å². The van der Waals surface area contributed by atoms with Gasteiger partial charge in [0.2, 0.25) is 11.8 Å². The molecule has 3 atom stereocenters. The molecule has 3 rings (SSSR count). The molecule has 1 heterocycles. The van der Waals surface area contributed by atoms with Gasteiger partial charge in [-0.2, -0.15) is 0 Å². The van der Waals surface area contributed by atoms with Crippen molar-refractivity contribution in [2.75, 3.05) is 11.4 Å². The lowest BCUT2D eigenvalue weighted by Gasteiger charge is -2.19. The number of hydrogen-bond donors (Lipinski definition) is 2. The van der Waals surface area contributed by atoms with E-state index in [1.165, 1.54) is 0 Å². The lowest BCUT2D eigenvalue weighted by Crippen LogP contribution is -2.42. The number of anilines is 1. The fourth-order valence-electron chi connectivity index (χ4n) is 3.50. The number of nitrogens with one attached hydrogen (secondary N) is 1. The van der Waals surface area contributed by atoms with E-state index in [1.807, 2.05) is 12.1 Å². The van der Waals surface area contributed by atoms with Crippen molar-refractivity contribution in [2.45, 2.75) is 44.2 Å². The number of carbonyl (C=O) groups is 2. The van der Waals surface area contributed by atoms with Gasteiger partial charge in [0.05, 0.1) is 0 Å². The quantitative estimate of drug-likeness (QED) is 0.853. The predicted octanol–water partition coefficient (Wildman–Crippen LogP) is 2.50. The number of carbonyl (C=O) groups excluding carboxylic acids is 2. The number of rotatable bonds is 4. The summed E-state index contributed by atoms with van der Waals surface area (Å²) in [6, 6.07) is 6.85. The molecule has 1 unspecified atom stereocenters. The van der Waals surface area contributed by atoms with Gasteiger partial charge < -0.3 is 16.0 Å². The Morgan fingerprint density at radius 3 is 2.58 bits per heavy atom. The molecule has 0 radical (unpaired) electrons. The van der Waals surface area contributed by atoms with E-state index in [-0.39, 0.29) is 36.2 Å². The monoisotopic (exact) mass is 371 g/mol. The molecule has 1 saturated heterocycles. The van der Waals surface area contributed by atoms with Crippen LogP contribution < -0.4 is 16.0 Å². The maximum atomic E-state index is 12.5. The Kier molecular flexibility index (Phi) is 6.49. The normalized spacial score (nSPS) is 26.3. The summed E-state index contributed by atoms with van der Waals surface area (Å²) in [5.41, 5.74) is 6.82. The molecule has 1 aromatic carbocycles. The SMILES string of the molecule is Cl.N[C@@H]1CCC[C@H]1CC(=O)NC1CCN(c2ccc(Cl)cc2)C1=O. The first-order chi connectivity index (χ1) is 11.0. The second-order valence-electron chi connectivity index (χ2n) is 6.43. The molecule has 0 spiro atoms. The van der Waals surface area contributed by atoms with E-state index in [0.29, 0.717) is 24.4 Å².